The predicted molar refractivity (Wildman–Crippen MR) is 100 cm³/mol. The van der Waals surface area contributed by atoms with Gasteiger partial charge in [-0.3, -0.25) is 9.79 Å². The molecule has 2 fully saturated rings. The molecule has 144 valence electrons. The minimum atomic E-state index is -3.06. The zero-order valence-electron chi connectivity index (χ0n) is 15.9. The molecule has 1 unspecified atom stereocenters. The maximum Gasteiger partial charge on any atom is 0.222 e. The molecule has 0 aromatic heterocycles. The molecule has 2 aliphatic heterocycles. The molecule has 0 bridgehead atoms. The van der Waals surface area contributed by atoms with Gasteiger partial charge in [-0.05, 0) is 33.1 Å². The highest BCUT2D eigenvalue weighted by Crippen LogP contribution is 2.23. The summed E-state index contributed by atoms with van der Waals surface area (Å²) < 4.78 is 23.5. The van der Waals surface area contributed by atoms with Crippen LogP contribution in [0.5, 0.6) is 0 Å². The van der Waals surface area contributed by atoms with Crippen molar-refractivity contribution in [3.8, 4) is 0 Å². The van der Waals surface area contributed by atoms with Gasteiger partial charge in [-0.2, -0.15) is 0 Å². The zero-order valence-corrected chi connectivity index (χ0v) is 16.7. The van der Waals surface area contributed by atoms with Crippen molar-refractivity contribution in [2.75, 3.05) is 39.0 Å². The van der Waals surface area contributed by atoms with Crippen LogP contribution in [0.2, 0.25) is 0 Å². The topological polar surface area (TPSA) is 82.1 Å². The molecule has 1 amide bonds. The minimum Gasteiger partial charge on any atom is -0.356 e. The Balaban J connectivity index is 1.89. The first kappa shape index (κ1) is 20.0. The van der Waals surface area contributed by atoms with E-state index in [9.17, 15) is 13.2 Å². The normalized spacial score (nSPS) is 24.5. The Hall–Kier alpha value is -1.31. The van der Waals surface area contributed by atoms with E-state index in [4.69, 9.17) is 0 Å². The lowest BCUT2D eigenvalue weighted by molar-refractivity contribution is -0.129. The molecule has 25 heavy (non-hydrogen) atoms. The molecule has 7 nitrogen and oxygen atoms in total. The van der Waals surface area contributed by atoms with Crippen LogP contribution in [0.4, 0.5) is 0 Å². The highest BCUT2D eigenvalue weighted by Gasteiger charge is 2.41. The number of nitrogens with zero attached hydrogens (tertiary/aromatic N) is 3. The van der Waals surface area contributed by atoms with Crippen LogP contribution in [-0.2, 0) is 14.6 Å². The number of carbonyl (C=O) groups excluding carboxylic acids is 1. The lowest BCUT2D eigenvalue weighted by Gasteiger charge is -2.39. The molecule has 2 rings (SSSR count). The van der Waals surface area contributed by atoms with Crippen LogP contribution in [0.1, 0.15) is 46.5 Å². The predicted octanol–water partition coefficient (Wildman–Crippen LogP) is 0.862. The van der Waals surface area contributed by atoms with Crippen LogP contribution in [0.15, 0.2) is 4.99 Å². The summed E-state index contributed by atoms with van der Waals surface area (Å²) in [7, 11) is -1.34. The second kappa shape index (κ2) is 7.93. The second-order valence-corrected chi connectivity index (χ2v) is 10.3. The Morgan fingerprint density at radius 1 is 1.36 bits per heavy atom. The molecule has 2 aliphatic rings. The third-order valence-electron chi connectivity index (χ3n) is 5.34. The Kier molecular flexibility index (Phi) is 6.35. The number of hydrogen-bond acceptors (Lipinski definition) is 4. The number of sulfone groups is 1. The third-order valence-corrected chi connectivity index (χ3v) is 7.87. The Labute approximate surface area is 151 Å². The summed E-state index contributed by atoms with van der Waals surface area (Å²) >= 11 is 0. The van der Waals surface area contributed by atoms with Crippen molar-refractivity contribution < 1.29 is 13.2 Å². The molecule has 0 aliphatic carbocycles. The molecule has 1 N–H and O–H groups in total. The van der Waals surface area contributed by atoms with Crippen LogP contribution in [0.25, 0.3) is 0 Å². The number of rotatable bonds is 5. The van der Waals surface area contributed by atoms with Gasteiger partial charge in [0.25, 0.3) is 0 Å². The van der Waals surface area contributed by atoms with E-state index in [1.807, 2.05) is 9.80 Å². The van der Waals surface area contributed by atoms with E-state index < -0.39 is 14.6 Å². The number of amides is 1. The first-order valence-corrected chi connectivity index (χ1v) is 10.8. The highest BCUT2D eigenvalue weighted by atomic mass is 32.2. The van der Waals surface area contributed by atoms with E-state index in [1.165, 1.54) is 0 Å². The fourth-order valence-electron chi connectivity index (χ4n) is 3.64. The zero-order chi connectivity index (χ0) is 18.7. The van der Waals surface area contributed by atoms with Gasteiger partial charge >= 0.3 is 0 Å². The number of carbonyl (C=O) groups is 1. The van der Waals surface area contributed by atoms with E-state index in [0.717, 1.165) is 38.3 Å². The summed E-state index contributed by atoms with van der Waals surface area (Å²) in [5.41, 5.74) is 0. The maximum absolute atomic E-state index is 12.2. The van der Waals surface area contributed by atoms with Crippen molar-refractivity contribution in [1.29, 1.82) is 0 Å². The number of nitrogens with one attached hydrogen (secondary N) is 1. The first-order chi connectivity index (χ1) is 11.7. The SMILES string of the molecule is CCC(CCNC(=NC)N1CCS(=O)(=O)C(C)(C)C1)N1CCCC1=O. The third kappa shape index (κ3) is 4.46. The van der Waals surface area contributed by atoms with E-state index in [0.29, 0.717) is 19.5 Å². The molecule has 2 heterocycles. The largest absolute Gasteiger partial charge is 0.356 e. The van der Waals surface area contributed by atoms with Crippen LogP contribution in [0, 0.1) is 0 Å². The van der Waals surface area contributed by atoms with E-state index in [2.05, 4.69) is 17.2 Å². The van der Waals surface area contributed by atoms with Crippen molar-refractivity contribution in [2.24, 2.45) is 4.99 Å². The second-order valence-electron chi connectivity index (χ2n) is 7.52. The van der Waals surface area contributed by atoms with Gasteiger partial charge in [0.15, 0.2) is 15.8 Å². The van der Waals surface area contributed by atoms with Crippen molar-refractivity contribution in [1.82, 2.24) is 15.1 Å². The van der Waals surface area contributed by atoms with Gasteiger partial charge in [0.05, 0.1) is 10.5 Å². The van der Waals surface area contributed by atoms with Crippen LogP contribution in [0.3, 0.4) is 0 Å². The lowest BCUT2D eigenvalue weighted by Crippen LogP contribution is -2.57. The van der Waals surface area contributed by atoms with E-state index in [1.54, 1.807) is 20.9 Å². The van der Waals surface area contributed by atoms with Gasteiger partial charge in [0.1, 0.15) is 0 Å². The summed E-state index contributed by atoms with van der Waals surface area (Å²) in [5.74, 6) is 1.16. The fraction of sp³-hybridized carbons (Fsp3) is 0.882. The van der Waals surface area contributed by atoms with Crippen LogP contribution >= 0.6 is 0 Å². The first-order valence-electron chi connectivity index (χ1n) is 9.19. The molecule has 0 aromatic rings. The van der Waals surface area contributed by atoms with Crippen molar-refractivity contribution in [3.05, 3.63) is 0 Å². The van der Waals surface area contributed by atoms with Gasteiger partial charge < -0.3 is 15.1 Å². The number of guanidine groups is 1. The minimum absolute atomic E-state index is 0.153. The number of likely N-dealkylation sites (tertiary alicyclic amines) is 1. The molecular formula is C17H32N4O3S. The molecular weight excluding hydrogens is 340 g/mol. The summed E-state index contributed by atoms with van der Waals surface area (Å²) in [4.78, 5) is 20.3. The maximum atomic E-state index is 12.2. The van der Waals surface area contributed by atoms with Crippen molar-refractivity contribution in [2.45, 2.75) is 57.2 Å². The summed E-state index contributed by atoms with van der Waals surface area (Å²) in [6, 6.07) is 0.263. The van der Waals surface area contributed by atoms with Crippen molar-refractivity contribution >= 4 is 21.7 Å². The fourth-order valence-corrected chi connectivity index (χ4v) is 5.01. The van der Waals surface area contributed by atoms with Gasteiger partial charge in [-0.15, -0.1) is 0 Å². The number of aliphatic imine (C=N–C) groups is 1. The van der Waals surface area contributed by atoms with Crippen LogP contribution < -0.4 is 5.32 Å². The smallest absolute Gasteiger partial charge is 0.222 e. The summed E-state index contributed by atoms with van der Waals surface area (Å²) in [5, 5.41) is 3.35. The quantitative estimate of drug-likeness (QED) is 0.572. The van der Waals surface area contributed by atoms with Gasteiger partial charge in [0, 0.05) is 45.7 Å². The molecule has 8 heteroatoms. The number of hydrogen-bond donors (Lipinski definition) is 1. The summed E-state index contributed by atoms with van der Waals surface area (Å²) in [6.07, 6.45) is 3.45. The summed E-state index contributed by atoms with van der Waals surface area (Å²) in [6.45, 7) is 8.15. The molecule has 0 spiro atoms. The molecule has 1 atom stereocenters. The van der Waals surface area contributed by atoms with E-state index in [-0.39, 0.29) is 17.7 Å². The van der Waals surface area contributed by atoms with E-state index >= 15 is 0 Å². The van der Waals surface area contributed by atoms with Crippen molar-refractivity contribution in [3.63, 3.8) is 0 Å². The Morgan fingerprint density at radius 2 is 2.08 bits per heavy atom. The average molecular weight is 373 g/mol. The highest BCUT2D eigenvalue weighted by molar-refractivity contribution is 7.92. The average Bonchev–Trinajstić information content (AvgIpc) is 2.97. The molecule has 0 radical (unpaired) electrons. The van der Waals surface area contributed by atoms with Gasteiger partial charge in [0.2, 0.25) is 5.91 Å². The molecule has 0 aromatic carbocycles. The standard InChI is InChI=1S/C17H32N4O3S/c1-5-14(21-10-6-7-15(21)22)8-9-19-16(18-4)20-11-12-25(23,24)17(2,3)13-20/h14H,5-13H2,1-4H3,(H,18,19). The monoisotopic (exact) mass is 372 g/mol. The molecule has 2 saturated heterocycles. The van der Waals surface area contributed by atoms with Gasteiger partial charge in [-0.25, -0.2) is 8.42 Å². The Bertz CT molecular complexity index is 615. The van der Waals surface area contributed by atoms with Gasteiger partial charge in [-0.1, -0.05) is 6.92 Å². The lowest BCUT2D eigenvalue weighted by atomic mass is 10.1. The molecule has 0 saturated carbocycles. The Morgan fingerprint density at radius 3 is 2.60 bits per heavy atom. The van der Waals surface area contributed by atoms with Crippen LogP contribution in [-0.4, -0.2) is 79.9 Å².